The summed E-state index contributed by atoms with van der Waals surface area (Å²) in [5.41, 5.74) is 2.86. The minimum absolute atomic E-state index is 0.271. The number of rotatable bonds is 5. The van der Waals surface area contributed by atoms with Gasteiger partial charge in [-0.2, -0.15) is 13.2 Å². The van der Waals surface area contributed by atoms with Crippen molar-refractivity contribution in [2.45, 2.75) is 45.0 Å². The van der Waals surface area contributed by atoms with Crippen molar-refractivity contribution in [3.63, 3.8) is 0 Å². The van der Waals surface area contributed by atoms with Crippen LogP contribution in [0.25, 0.3) is 0 Å². The molecule has 0 bridgehead atoms. The monoisotopic (exact) mass is 290 g/mol. The Balaban J connectivity index is 3.06. The summed E-state index contributed by atoms with van der Waals surface area (Å²) >= 11 is 0. The lowest BCUT2D eigenvalue weighted by Gasteiger charge is -2.29. The number of halogens is 3. The van der Waals surface area contributed by atoms with E-state index in [0.29, 0.717) is 12.0 Å². The van der Waals surface area contributed by atoms with Crippen LogP contribution >= 0.6 is 0 Å². The van der Waals surface area contributed by atoms with E-state index in [1.807, 2.05) is 13.8 Å². The molecule has 0 radical (unpaired) electrons. The fourth-order valence-electron chi connectivity index (χ4n) is 2.08. The highest BCUT2D eigenvalue weighted by Gasteiger charge is 2.31. The summed E-state index contributed by atoms with van der Waals surface area (Å²) in [5.74, 6) is 5.53. The molecular formula is C14H21F3N2O. The number of alkyl halides is 3. The molecule has 3 N–H and O–H groups in total. The van der Waals surface area contributed by atoms with Crippen molar-refractivity contribution in [3.05, 3.63) is 34.9 Å². The molecule has 20 heavy (non-hydrogen) atoms. The van der Waals surface area contributed by atoms with Crippen LogP contribution in [0.2, 0.25) is 0 Å². The van der Waals surface area contributed by atoms with Crippen LogP contribution in [0.3, 0.4) is 0 Å². The van der Waals surface area contributed by atoms with Gasteiger partial charge in [-0.25, -0.2) is 0 Å². The average Bonchev–Trinajstić information content (AvgIpc) is 2.35. The van der Waals surface area contributed by atoms with E-state index in [1.165, 1.54) is 6.07 Å². The zero-order valence-corrected chi connectivity index (χ0v) is 12.1. The molecule has 0 saturated carbocycles. The van der Waals surface area contributed by atoms with Gasteiger partial charge in [-0.05, 0) is 50.5 Å². The first-order valence-electron chi connectivity index (χ1n) is 6.30. The molecule has 0 aliphatic rings. The number of aryl methyl sites for hydroxylation is 1. The summed E-state index contributed by atoms with van der Waals surface area (Å²) < 4.78 is 43.3. The number of nitrogens with one attached hydrogen (secondary N) is 1. The van der Waals surface area contributed by atoms with Crippen LogP contribution in [0.15, 0.2) is 18.2 Å². The highest BCUT2D eigenvalue weighted by molar-refractivity contribution is 5.34. The summed E-state index contributed by atoms with van der Waals surface area (Å²) in [4.78, 5) is 0. The van der Waals surface area contributed by atoms with Gasteiger partial charge in [-0.3, -0.25) is 11.3 Å². The molecule has 1 rings (SSSR count). The number of hydrogen-bond acceptors (Lipinski definition) is 3. The number of hydrazine groups is 1. The average molecular weight is 290 g/mol. The lowest BCUT2D eigenvalue weighted by Crippen LogP contribution is -2.35. The standard InChI is InChI=1S/C14H21F3N2O/c1-9-7-10(14(15,16)17)5-6-11(9)12(19-18)8-13(2,3)20-4/h5-7,12,19H,8,18H2,1-4H3. The molecule has 0 saturated heterocycles. The quantitative estimate of drug-likeness (QED) is 0.646. The first-order valence-corrected chi connectivity index (χ1v) is 6.30. The molecule has 114 valence electrons. The second-order valence-electron chi connectivity index (χ2n) is 5.46. The van der Waals surface area contributed by atoms with Crippen molar-refractivity contribution in [2.75, 3.05) is 7.11 Å². The molecule has 0 aliphatic heterocycles. The number of ether oxygens (including phenoxy) is 1. The van der Waals surface area contributed by atoms with Gasteiger partial charge in [0.2, 0.25) is 0 Å². The van der Waals surface area contributed by atoms with Crippen LogP contribution in [-0.4, -0.2) is 12.7 Å². The van der Waals surface area contributed by atoms with Crippen molar-refractivity contribution in [3.8, 4) is 0 Å². The smallest absolute Gasteiger partial charge is 0.379 e. The summed E-state index contributed by atoms with van der Waals surface area (Å²) in [7, 11) is 1.59. The van der Waals surface area contributed by atoms with Crippen molar-refractivity contribution in [1.29, 1.82) is 0 Å². The largest absolute Gasteiger partial charge is 0.416 e. The fraction of sp³-hybridized carbons (Fsp3) is 0.571. The second kappa shape index (κ2) is 6.11. The molecule has 0 amide bonds. The predicted molar refractivity (Wildman–Crippen MR) is 72.0 cm³/mol. The van der Waals surface area contributed by atoms with Gasteiger partial charge in [0.15, 0.2) is 0 Å². The summed E-state index contributed by atoms with van der Waals surface area (Å²) in [6, 6.07) is 3.41. The Bertz CT molecular complexity index is 458. The van der Waals surface area contributed by atoms with Crippen molar-refractivity contribution < 1.29 is 17.9 Å². The van der Waals surface area contributed by atoms with Crippen LogP contribution in [0, 0.1) is 6.92 Å². The van der Waals surface area contributed by atoms with E-state index in [4.69, 9.17) is 10.6 Å². The first kappa shape index (κ1) is 16.9. The Kier molecular flexibility index (Phi) is 5.18. The zero-order valence-electron chi connectivity index (χ0n) is 12.1. The van der Waals surface area contributed by atoms with Crippen LogP contribution < -0.4 is 11.3 Å². The maximum atomic E-state index is 12.6. The maximum Gasteiger partial charge on any atom is 0.416 e. The summed E-state index contributed by atoms with van der Waals surface area (Å²) in [5, 5.41) is 0. The Labute approximate surface area is 117 Å². The van der Waals surface area contributed by atoms with Gasteiger partial charge in [0, 0.05) is 13.2 Å². The lowest BCUT2D eigenvalue weighted by molar-refractivity contribution is -0.137. The van der Waals surface area contributed by atoms with E-state index in [0.717, 1.165) is 17.7 Å². The highest BCUT2D eigenvalue weighted by Crippen LogP contribution is 2.33. The zero-order chi connectivity index (χ0) is 15.6. The Morgan fingerprint density at radius 1 is 1.30 bits per heavy atom. The molecular weight excluding hydrogens is 269 g/mol. The Hall–Kier alpha value is -1.11. The molecule has 6 heteroatoms. The van der Waals surface area contributed by atoms with Crippen molar-refractivity contribution >= 4 is 0 Å². The molecule has 0 heterocycles. The van der Waals surface area contributed by atoms with Gasteiger partial charge < -0.3 is 4.74 Å². The summed E-state index contributed by atoms with van der Waals surface area (Å²) in [6.45, 7) is 5.45. The van der Waals surface area contributed by atoms with Gasteiger partial charge in [0.25, 0.3) is 0 Å². The highest BCUT2D eigenvalue weighted by atomic mass is 19.4. The lowest BCUT2D eigenvalue weighted by atomic mass is 9.91. The topological polar surface area (TPSA) is 47.3 Å². The molecule has 1 aromatic carbocycles. The third-order valence-electron chi connectivity index (χ3n) is 3.42. The van der Waals surface area contributed by atoms with Crippen molar-refractivity contribution in [1.82, 2.24) is 5.43 Å². The molecule has 1 aromatic rings. The first-order chi connectivity index (χ1) is 9.10. The van der Waals surface area contributed by atoms with Crippen molar-refractivity contribution in [2.24, 2.45) is 5.84 Å². The molecule has 0 fully saturated rings. The number of methoxy groups -OCH3 is 1. The Morgan fingerprint density at radius 3 is 2.30 bits per heavy atom. The van der Waals surface area contributed by atoms with Gasteiger partial charge >= 0.3 is 6.18 Å². The van der Waals surface area contributed by atoms with Gasteiger partial charge in [0.05, 0.1) is 11.2 Å². The van der Waals surface area contributed by atoms with Crippen LogP contribution in [0.1, 0.15) is 43.0 Å². The molecule has 3 nitrogen and oxygen atoms in total. The minimum Gasteiger partial charge on any atom is -0.379 e. The summed E-state index contributed by atoms with van der Waals surface area (Å²) in [6.07, 6.45) is -3.78. The molecule has 1 atom stereocenters. The van der Waals surface area contributed by atoms with E-state index < -0.39 is 17.3 Å². The molecule has 1 unspecified atom stereocenters. The van der Waals surface area contributed by atoms with Gasteiger partial charge in [0.1, 0.15) is 0 Å². The molecule has 0 aliphatic carbocycles. The van der Waals surface area contributed by atoms with E-state index >= 15 is 0 Å². The van der Waals surface area contributed by atoms with Gasteiger partial charge in [-0.15, -0.1) is 0 Å². The predicted octanol–water partition coefficient (Wildman–Crippen LogP) is 3.33. The van der Waals surface area contributed by atoms with Crippen LogP contribution in [0.5, 0.6) is 0 Å². The number of benzene rings is 1. The number of nitrogens with two attached hydrogens (primary N) is 1. The third-order valence-corrected chi connectivity index (χ3v) is 3.42. The maximum absolute atomic E-state index is 12.6. The normalized spacial score (nSPS) is 14.4. The minimum atomic E-state index is -4.33. The SMILES string of the molecule is COC(C)(C)CC(NN)c1ccc(C(F)(F)F)cc1C. The fourth-order valence-corrected chi connectivity index (χ4v) is 2.08. The van der Waals surface area contributed by atoms with E-state index in [1.54, 1.807) is 14.0 Å². The molecule has 0 aromatic heterocycles. The van der Waals surface area contributed by atoms with Crippen LogP contribution in [0.4, 0.5) is 13.2 Å². The Morgan fingerprint density at radius 2 is 1.90 bits per heavy atom. The number of hydrogen-bond donors (Lipinski definition) is 2. The van der Waals surface area contributed by atoms with Gasteiger partial charge in [-0.1, -0.05) is 6.07 Å². The van der Waals surface area contributed by atoms with E-state index in [9.17, 15) is 13.2 Å². The molecule has 0 spiro atoms. The van der Waals surface area contributed by atoms with E-state index in [2.05, 4.69) is 5.43 Å². The second-order valence-corrected chi connectivity index (χ2v) is 5.46. The third kappa shape index (κ3) is 4.19. The van der Waals surface area contributed by atoms with E-state index in [-0.39, 0.29) is 6.04 Å². The van der Waals surface area contributed by atoms with Crippen LogP contribution in [-0.2, 0) is 10.9 Å².